The maximum Gasteiger partial charge on any atom is 0.227 e. The van der Waals surface area contributed by atoms with E-state index >= 15 is 0 Å². The molecule has 0 aliphatic heterocycles. The van der Waals surface area contributed by atoms with Crippen LogP contribution in [0.15, 0.2) is 29.6 Å². The highest BCUT2D eigenvalue weighted by molar-refractivity contribution is 7.17. The Kier molecular flexibility index (Phi) is 3.06. The first-order chi connectivity index (χ1) is 8.72. The van der Waals surface area contributed by atoms with Crippen molar-refractivity contribution < 1.29 is 4.79 Å². The van der Waals surface area contributed by atoms with Gasteiger partial charge in [-0.25, -0.2) is 0 Å². The number of anilines is 1. The number of thiophene rings is 1. The molecule has 2 aromatic rings. The molecule has 18 heavy (non-hydrogen) atoms. The molecule has 0 spiro atoms. The molecule has 94 valence electrons. The van der Waals surface area contributed by atoms with Crippen LogP contribution >= 0.6 is 11.3 Å². The lowest BCUT2D eigenvalue weighted by atomic mass is 10.1. The van der Waals surface area contributed by atoms with Gasteiger partial charge in [-0.3, -0.25) is 4.79 Å². The molecule has 3 N–H and O–H groups in total. The zero-order valence-electron chi connectivity index (χ0n) is 10.1. The zero-order chi connectivity index (χ0) is 12.5. The molecule has 4 heteroatoms. The van der Waals surface area contributed by atoms with Gasteiger partial charge in [-0.1, -0.05) is 0 Å². The molecule has 0 saturated heterocycles. The minimum atomic E-state index is 0.0816. The zero-order valence-corrected chi connectivity index (χ0v) is 10.9. The lowest BCUT2D eigenvalue weighted by Crippen LogP contribution is -2.23. The van der Waals surface area contributed by atoms with Crippen molar-refractivity contribution in [3.8, 4) is 0 Å². The number of nitrogens with two attached hydrogens (primary N) is 1. The highest BCUT2D eigenvalue weighted by atomic mass is 32.1. The minimum Gasteiger partial charge on any atom is -0.328 e. The number of amides is 1. The van der Waals surface area contributed by atoms with Crippen molar-refractivity contribution in [2.24, 2.45) is 11.7 Å². The molecule has 1 aromatic heterocycles. The number of carbonyl (C=O) groups is 1. The van der Waals surface area contributed by atoms with E-state index in [0.29, 0.717) is 0 Å². The summed E-state index contributed by atoms with van der Waals surface area (Å²) in [5, 5.41) is 6.24. The molecule has 3 nitrogen and oxygen atoms in total. The Hall–Kier alpha value is -1.39. The fraction of sp³-hybridized carbons (Fsp3) is 0.357. The second-order valence-corrected chi connectivity index (χ2v) is 5.88. The second kappa shape index (κ2) is 4.71. The van der Waals surface area contributed by atoms with Gasteiger partial charge < -0.3 is 11.1 Å². The maximum atomic E-state index is 12.1. The SMILES string of the molecule is NC1CCC(C(=O)Nc2ccc3sccc3c2)C1. The average Bonchev–Trinajstić information content (AvgIpc) is 2.96. The van der Waals surface area contributed by atoms with Crippen LogP contribution < -0.4 is 11.1 Å². The van der Waals surface area contributed by atoms with Crippen molar-refractivity contribution in [1.29, 1.82) is 0 Å². The number of benzene rings is 1. The van der Waals surface area contributed by atoms with Gasteiger partial charge >= 0.3 is 0 Å². The predicted octanol–water partition coefficient (Wildman–Crippen LogP) is 2.97. The van der Waals surface area contributed by atoms with E-state index in [1.54, 1.807) is 11.3 Å². The third kappa shape index (κ3) is 2.26. The number of fused-ring (bicyclic) bond motifs is 1. The van der Waals surface area contributed by atoms with Gasteiger partial charge in [-0.15, -0.1) is 11.3 Å². The molecule has 1 heterocycles. The molecular formula is C14H16N2OS. The van der Waals surface area contributed by atoms with Crippen molar-refractivity contribution in [1.82, 2.24) is 0 Å². The summed E-state index contributed by atoms with van der Waals surface area (Å²) < 4.78 is 1.25. The second-order valence-electron chi connectivity index (χ2n) is 4.93. The number of nitrogens with one attached hydrogen (secondary N) is 1. The van der Waals surface area contributed by atoms with Crippen LogP contribution in [0.2, 0.25) is 0 Å². The average molecular weight is 260 g/mol. The Morgan fingerprint density at radius 1 is 1.33 bits per heavy atom. The van der Waals surface area contributed by atoms with Gasteiger partial charge in [0.05, 0.1) is 0 Å². The molecule has 1 saturated carbocycles. The molecule has 3 rings (SSSR count). The van der Waals surface area contributed by atoms with Crippen molar-refractivity contribution in [3.63, 3.8) is 0 Å². The van der Waals surface area contributed by atoms with Crippen molar-refractivity contribution in [2.45, 2.75) is 25.3 Å². The van der Waals surface area contributed by atoms with Gasteiger partial charge in [0.1, 0.15) is 0 Å². The van der Waals surface area contributed by atoms with E-state index in [1.165, 1.54) is 10.1 Å². The molecule has 0 radical (unpaired) electrons. The van der Waals surface area contributed by atoms with Crippen LogP contribution in [0.3, 0.4) is 0 Å². The van der Waals surface area contributed by atoms with Crippen LogP contribution in [0, 0.1) is 5.92 Å². The van der Waals surface area contributed by atoms with Crippen LogP contribution in [-0.2, 0) is 4.79 Å². The monoisotopic (exact) mass is 260 g/mol. The van der Waals surface area contributed by atoms with E-state index in [0.717, 1.165) is 24.9 Å². The third-order valence-electron chi connectivity index (χ3n) is 3.56. The van der Waals surface area contributed by atoms with Crippen molar-refractivity contribution in [3.05, 3.63) is 29.6 Å². The van der Waals surface area contributed by atoms with E-state index in [4.69, 9.17) is 5.73 Å². The minimum absolute atomic E-state index is 0.0816. The molecule has 1 aliphatic rings. The summed E-state index contributed by atoms with van der Waals surface area (Å²) in [6.07, 6.45) is 2.68. The van der Waals surface area contributed by atoms with Crippen LogP contribution in [0.4, 0.5) is 5.69 Å². The summed E-state index contributed by atoms with van der Waals surface area (Å²) in [5.74, 6) is 0.190. The normalized spacial score (nSPS) is 23.4. The Morgan fingerprint density at radius 2 is 2.22 bits per heavy atom. The largest absolute Gasteiger partial charge is 0.328 e. The third-order valence-corrected chi connectivity index (χ3v) is 4.46. The van der Waals surface area contributed by atoms with Gasteiger partial charge in [0, 0.05) is 22.3 Å². The standard InChI is InChI=1S/C14H16N2OS/c15-11-2-1-10(7-11)14(17)16-12-3-4-13-9(8-12)5-6-18-13/h3-6,8,10-11H,1-2,7,15H2,(H,16,17). The summed E-state index contributed by atoms with van der Waals surface area (Å²) in [6, 6.07) is 8.31. The summed E-state index contributed by atoms with van der Waals surface area (Å²) in [5.41, 5.74) is 6.72. The topological polar surface area (TPSA) is 55.1 Å². The fourth-order valence-corrected chi connectivity index (χ4v) is 3.31. The predicted molar refractivity (Wildman–Crippen MR) is 75.8 cm³/mol. The van der Waals surface area contributed by atoms with Crippen molar-refractivity contribution in [2.75, 3.05) is 5.32 Å². The van der Waals surface area contributed by atoms with Gasteiger partial charge in [-0.2, -0.15) is 0 Å². The van der Waals surface area contributed by atoms with Crippen LogP contribution in [0.25, 0.3) is 10.1 Å². The lowest BCUT2D eigenvalue weighted by Gasteiger charge is -2.10. The first kappa shape index (κ1) is 11.7. The Morgan fingerprint density at radius 3 is 3.00 bits per heavy atom. The number of hydrogen-bond donors (Lipinski definition) is 2. The molecule has 0 bridgehead atoms. The lowest BCUT2D eigenvalue weighted by molar-refractivity contribution is -0.119. The molecular weight excluding hydrogens is 244 g/mol. The van der Waals surface area contributed by atoms with Gasteiger partial charge in [0.25, 0.3) is 0 Å². The van der Waals surface area contributed by atoms with E-state index in [-0.39, 0.29) is 17.9 Å². The Balaban J connectivity index is 1.73. The molecule has 1 fully saturated rings. The Labute approximate surface area is 110 Å². The molecule has 1 amide bonds. The summed E-state index contributed by atoms with van der Waals surface area (Å²) in [4.78, 5) is 12.1. The van der Waals surface area contributed by atoms with E-state index in [2.05, 4.69) is 22.8 Å². The van der Waals surface area contributed by atoms with Gasteiger partial charge in [-0.05, 0) is 54.3 Å². The van der Waals surface area contributed by atoms with E-state index < -0.39 is 0 Å². The van der Waals surface area contributed by atoms with Gasteiger partial charge in [0.15, 0.2) is 0 Å². The Bertz CT molecular complexity index is 578. The summed E-state index contributed by atoms with van der Waals surface area (Å²) in [7, 11) is 0. The van der Waals surface area contributed by atoms with Gasteiger partial charge in [0.2, 0.25) is 5.91 Å². The summed E-state index contributed by atoms with van der Waals surface area (Å²) in [6.45, 7) is 0. The molecule has 2 atom stereocenters. The molecule has 1 aliphatic carbocycles. The quantitative estimate of drug-likeness (QED) is 0.872. The first-order valence-corrected chi connectivity index (χ1v) is 7.14. The highest BCUT2D eigenvalue weighted by Crippen LogP contribution is 2.27. The number of rotatable bonds is 2. The highest BCUT2D eigenvalue weighted by Gasteiger charge is 2.27. The number of hydrogen-bond acceptors (Lipinski definition) is 3. The summed E-state index contributed by atoms with van der Waals surface area (Å²) >= 11 is 1.71. The fourth-order valence-electron chi connectivity index (χ4n) is 2.54. The van der Waals surface area contributed by atoms with E-state index in [1.807, 2.05) is 12.1 Å². The van der Waals surface area contributed by atoms with Crippen LogP contribution in [0.5, 0.6) is 0 Å². The maximum absolute atomic E-state index is 12.1. The van der Waals surface area contributed by atoms with Crippen molar-refractivity contribution >= 4 is 33.0 Å². The van der Waals surface area contributed by atoms with Crippen LogP contribution in [-0.4, -0.2) is 11.9 Å². The smallest absolute Gasteiger partial charge is 0.227 e. The first-order valence-electron chi connectivity index (χ1n) is 6.26. The van der Waals surface area contributed by atoms with Crippen LogP contribution in [0.1, 0.15) is 19.3 Å². The molecule has 2 unspecified atom stereocenters. The molecule has 1 aromatic carbocycles. The number of carbonyl (C=O) groups excluding carboxylic acids is 1. The van der Waals surface area contributed by atoms with E-state index in [9.17, 15) is 4.79 Å².